The maximum Gasteiger partial charge on any atom is 0.322 e. The molecule has 0 unspecified atom stereocenters. The molecular formula is C19H23N3O2. The van der Waals surface area contributed by atoms with Crippen LogP contribution in [0.1, 0.15) is 5.56 Å². The van der Waals surface area contributed by atoms with Gasteiger partial charge in [0, 0.05) is 31.9 Å². The highest BCUT2D eigenvalue weighted by molar-refractivity contribution is 5.91. The lowest BCUT2D eigenvalue weighted by Gasteiger charge is -2.36. The minimum atomic E-state index is -0.0797. The van der Waals surface area contributed by atoms with Crippen molar-refractivity contribution < 1.29 is 9.53 Å². The third-order valence-corrected chi connectivity index (χ3v) is 4.37. The molecule has 1 fully saturated rings. The van der Waals surface area contributed by atoms with E-state index in [2.05, 4.69) is 41.4 Å². The Morgan fingerprint density at radius 2 is 1.67 bits per heavy atom. The molecule has 0 bridgehead atoms. The lowest BCUT2D eigenvalue weighted by Crippen LogP contribution is -2.50. The molecule has 3 rings (SSSR count). The van der Waals surface area contributed by atoms with Crippen LogP contribution in [0.3, 0.4) is 0 Å². The second kappa shape index (κ2) is 7.25. The normalized spacial score (nSPS) is 14.4. The fourth-order valence-corrected chi connectivity index (χ4v) is 3.01. The summed E-state index contributed by atoms with van der Waals surface area (Å²) in [6.45, 7) is 5.20. The van der Waals surface area contributed by atoms with Crippen molar-refractivity contribution in [2.45, 2.75) is 6.92 Å². The SMILES string of the molecule is COc1ccccc1NC(=O)N1CCN(c2ccccc2C)CC1. The maximum absolute atomic E-state index is 12.5. The zero-order chi connectivity index (χ0) is 16.9. The van der Waals surface area contributed by atoms with E-state index in [0.29, 0.717) is 24.5 Å². The summed E-state index contributed by atoms with van der Waals surface area (Å²) in [5, 5.41) is 2.94. The van der Waals surface area contributed by atoms with E-state index >= 15 is 0 Å². The van der Waals surface area contributed by atoms with E-state index in [1.807, 2.05) is 29.2 Å². The summed E-state index contributed by atoms with van der Waals surface area (Å²) in [6.07, 6.45) is 0. The summed E-state index contributed by atoms with van der Waals surface area (Å²) in [5.41, 5.74) is 3.22. The smallest absolute Gasteiger partial charge is 0.322 e. The molecule has 2 amide bonds. The van der Waals surface area contributed by atoms with Gasteiger partial charge in [0.2, 0.25) is 0 Å². The van der Waals surface area contributed by atoms with Crippen LogP contribution in [-0.4, -0.2) is 44.2 Å². The number of nitrogens with zero attached hydrogens (tertiary/aromatic N) is 2. The number of piperazine rings is 1. The molecule has 1 aliphatic rings. The Labute approximate surface area is 142 Å². The molecule has 126 valence electrons. The minimum absolute atomic E-state index is 0.0797. The average Bonchev–Trinajstić information content (AvgIpc) is 2.63. The van der Waals surface area contributed by atoms with Crippen LogP contribution in [0.15, 0.2) is 48.5 Å². The number of carbonyl (C=O) groups is 1. The Balaban J connectivity index is 1.60. The second-order valence-electron chi connectivity index (χ2n) is 5.89. The predicted molar refractivity (Wildman–Crippen MR) is 97.0 cm³/mol. The highest BCUT2D eigenvalue weighted by Gasteiger charge is 2.22. The Kier molecular flexibility index (Phi) is 4.89. The number of aryl methyl sites for hydroxylation is 1. The van der Waals surface area contributed by atoms with Crippen molar-refractivity contribution in [2.75, 3.05) is 43.5 Å². The zero-order valence-corrected chi connectivity index (χ0v) is 14.2. The molecule has 0 atom stereocenters. The molecule has 1 saturated heterocycles. The van der Waals surface area contributed by atoms with Crippen LogP contribution in [0.5, 0.6) is 5.75 Å². The molecule has 0 saturated carbocycles. The van der Waals surface area contributed by atoms with E-state index < -0.39 is 0 Å². The Hall–Kier alpha value is -2.69. The maximum atomic E-state index is 12.5. The molecule has 5 nitrogen and oxygen atoms in total. The number of carbonyl (C=O) groups excluding carboxylic acids is 1. The summed E-state index contributed by atoms with van der Waals surface area (Å²) in [4.78, 5) is 16.7. The van der Waals surface area contributed by atoms with Gasteiger partial charge in [-0.15, -0.1) is 0 Å². The van der Waals surface area contributed by atoms with Gasteiger partial charge in [-0.2, -0.15) is 0 Å². The van der Waals surface area contributed by atoms with Gasteiger partial charge in [0.05, 0.1) is 12.8 Å². The number of hydrogen-bond donors (Lipinski definition) is 1. The fraction of sp³-hybridized carbons (Fsp3) is 0.316. The number of anilines is 2. The third kappa shape index (κ3) is 3.45. The Morgan fingerprint density at radius 3 is 2.38 bits per heavy atom. The molecule has 24 heavy (non-hydrogen) atoms. The van der Waals surface area contributed by atoms with E-state index in [0.717, 1.165) is 13.1 Å². The van der Waals surface area contributed by atoms with Crippen LogP contribution < -0.4 is 15.0 Å². The van der Waals surface area contributed by atoms with E-state index in [9.17, 15) is 4.79 Å². The number of benzene rings is 2. The molecular weight excluding hydrogens is 302 g/mol. The lowest BCUT2D eigenvalue weighted by molar-refractivity contribution is 0.208. The van der Waals surface area contributed by atoms with Gasteiger partial charge in [-0.25, -0.2) is 4.79 Å². The van der Waals surface area contributed by atoms with Gasteiger partial charge in [0.1, 0.15) is 5.75 Å². The Bertz CT molecular complexity index is 709. The molecule has 5 heteroatoms. The topological polar surface area (TPSA) is 44.8 Å². The third-order valence-electron chi connectivity index (χ3n) is 4.37. The number of rotatable bonds is 3. The largest absolute Gasteiger partial charge is 0.495 e. The molecule has 2 aromatic carbocycles. The highest BCUT2D eigenvalue weighted by Crippen LogP contribution is 2.24. The number of nitrogens with one attached hydrogen (secondary N) is 1. The van der Waals surface area contributed by atoms with Crippen LogP contribution >= 0.6 is 0 Å². The first-order chi connectivity index (χ1) is 11.7. The van der Waals surface area contributed by atoms with Crippen LogP contribution in [-0.2, 0) is 0 Å². The molecule has 0 aromatic heterocycles. The van der Waals surface area contributed by atoms with Gasteiger partial charge in [0.25, 0.3) is 0 Å². The van der Waals surface area contributed by atoms with Gasteiger partial charge >= 0.3 is 6.03 Å². The summed E-state index contributed by atoms with van der Waals surface area (Å²) >= 11 is 0. The zero-order valence-electron chi connectivity index (χ0n) is 14.2. The van der Waals surface area contributed by atoms with Crippen LogP contribution in [0.25, 0.3) is 0 Å². The first-order valence-corrected chi connectivity index (χ1v) is 8.18. The summed E-state index contributed by atoms with van der Waals surface area (Å²) in [7, 11) is 1.60. The van der Waals surface area contributed by atoms with Gasteiger partial charge in [-0.3, -0.25) is 0 Å². The van der Waals surface area contributed by atoms with E-state index in [1.54, 1.807) is 7.11 Å². The minimum Gasteiger partial charge on any atom is -0.495 e. The van der Waals surface area contributed by atoms with Gasteiger partial charge < -0.3 is 19.9 Å². The first kappa shape index (κ1) is 16.2. The van der Waals surface area contributed by atoms with Gasteiger partial charge in [-0.1, -0.05) is 30.3 Å². The van der Waals surface area contributed by atoms with E-state index in [1.165, 1.54) is 11.3 Å². The second-order valence-corrected chi connectivity index (χ2v) is 5.89. The fourth-order valence-electron chi connectivity index (χ4n) is 3.01. The molecule has 0 radical (unpaired) electrons. The number of urea groups is 1. The summed E-state index contributed by atoms with van der Waals surface area (Å²) in [5.74, 6) is 0.671. The predicted octanol–water partition coefficient (Wildman–Crippen LogP) is 3.36. The van der Waals surface area contributed by atoms with Crippen molar-refractivity contribution in [3.8, 4) is 5.75 Å². The number of amides is 2. The van der Waals surface area contributed by atoms with Crippen molar-refractivity contribution in [3.05, 3.63) is 54.1 Å². The number of hydrogen-bond acceptors (Lipinski definition) is 3. The number of para-hydroxylation sites is 3. The van der Waals surface area contributed by atoms with Crippen LogP contribution in [0.4, 0.5) is 16.2 Å². The average molecular weight is 325 g/mol. The van der Waals surface area contributed by atoms with Crippen molar-refractivity contribution in [1.29, 1.82) is 0 Å². The molecule has 2 aromatic rings. The van der Waals surface area contributed by atoms with Crippen LogP contribution in [0.2, 0.25) is 0 Å². The van der Waals surface area contributed by atoms with Crippen LogP contribution in [0, 0.1) is 6.92 Å². The summed E-state index contributed by atoms with van der Waals surface area (Å²) in [6, 6.07) is 15.7. The van der Waals surface area contributed by atoms with E-state index in [4.69, 9.17) is 4.74 Å². The number of methoxy groups -OCH3 is 1. The first-order valence-electron chi connectivity index (χ1n) is 8.18. The van der Waals surface area contributed by atoms with Crippen molar-refractivity contribution >= 4 is 17.4 Å². The quantitative estimate of drug-likeness (QED) is 0.941. The lowest BCUT2D eigenvalue weighted by atomic mass is 10.1. The van der Waals surface area contributed by atoms with Crippen molar-refractivity contribution in [3.63, 3.8) is 0 Å². The monoisotopic (exact) mass is 325 g/mol. The van der Waals surface area contributed by atoms with Crippen molar-refractivity contribution in [1.82, 2.24) is 4.90 Å². The molecule has 0 aliphatic carbocycles. The Morgan fingerprint density at radius 1 is 1.00 bits per heavy atom. The number of ether oxygens (including phenoxy) is 1. The summed E-state index contributed by atoms with van der Waals surface area (Å²) < 4.78 is 5.28. The molecule has 1 heterocycles. The molecule has 1 N–H and O–H groups in total. The molecule has 1 aliphatic heterocycles. The van der Waals surface area contributed by atoms with Crippen molar-refractivity contribution in [2.24, 2.45) is 0 Å². The van der Waals surface area contributed by atoms with Gasteiger partial charge in [0.15, 0.2) is 0 Å². The molecule has 0 spiro atoms. The standard InChI is InChI=1S/C19H23N3O2/c1-15-7-3-5-9-17(15)21-11-13-22(14-12-21)19(23)20-16-8-4-6-10-18(16)24-2/h3-10H,11-14H2,1-2H3,(H,20,23). The van der Waals surface area contributed by atoms with E-state index in [-0.39, 0.29) is 6.03 Å². The highest BCUT2D eigenvalue weighted by atomic mass is 16.5. The van der Waals surface area contributed by atoms with Gasteiger partial charge in [-0.05, 0) is 30.7 Å².